The molecule has 2 aromatic carbocycles. The van der Waals surface area contributed by atoms with Crippen molar-refractivity contribution in [1.82, 2.24) is 0 Å². The van der Waals surface area contributed by atoms with Gasteiger partial charge in [-0.25, -0.2) is 4.39 Å². The van der Waals surface area contributed by atoms with Crippen molar-refractivity contribution in [2.24, 2.45) is 0 Å². The van der Waals surface area contributed by atoms with Crippen molar-refractivity contribution in [3.8, 4) is 22.9 Å². The number of aryl methyl sites for hydroxylation is 1. The number of benzene rings is 2. The standard InChI is InChI=1S/C14H10FNO/c1-9-2-5-13(15)12(6-9)10-3-4-11(8-16)14(17)7-10/h2-7,17H,1H3. The van der Waals surface area contributed by atoms with Gasteiger partial charge < -0.3 is 5.11 Å². The van der Waals surface area contributed by atoms with Gasteiger partial charge in [0.25, 0.3) is 0 Å². The zero-order valence-corrected chi connectivity index (χ0v) is 9.24. The molecule has 0 aliphatic rings. The quantitative estimate of drug-likeness (QED) is 0.811. The van der Waals surface area contributed by atoms with E-state index in [1.807, 2.05) is 13.0 Å². The first-order valence-electron chi connectivity index (χ1n) is 5.11. The summed E-state index contributed by atoms with van der Waals surface area (Å²) < 4.78 is 13.6. The molecule has 0 fully saturated rings. The molecule has 17 heavy (non-hydrogen) atoms. The van der Waals surface area contributed by atoms with Gasteiger partial charge in [-0.1, -0.05) is 17.7 Å². The topological polar surface area (TPSA) is 44.0 Å². The minimum absolute atomic E-state index is 0.133. The molecular weight excluding hydrogens is 217 g/mol. The van der Waals surface area contributed by atoms with Crippen LogP contribution in [0.1, 0.15) is 11.1 Å². The first kappa shape index (κ1) is 11.2. The van der Waals surface area contributed by atoms with E-state index in [0.29, 0.717) is 11.1 Å². The highest BCUT2D eigenvalue weighted by Gasteiger charge is 2.08. The number of hydrogen-bond donors (Lipinski definition) is 1. The van der Waals surface area contributed by atoms with Crippen molar-refractivity contribution >= 4 is 0 Å². The van der Waals surface area contributed by atoms with Crippen LogP contribution in [0.2, 0.25) is 0 Å². The molecule has 0 unspecified atom stereocenters. The molecule has 0 heterocycles. The lowest BCUT2D eigenvalue weighted by Crippen LogP contribution is -1.87. The first-order chi connectivity index (χ1) is 8.11. The van der Waals surface area contributed by atoms with Crippen molar-refractivity contribution in [1.29, 1.82) is 5.26 Å². The van der Waals surface area contributed by atoms with Gasteiger partial charge in [-0.05, 0) is 36.8 Å². The fourth-order valence-electron chi connectivity index (χ4n) is 1.65. The van der Waals surface area contributed by atoms with Crippen LogP contribution in [0.15, 0.2) is 36.4 Å². The molecular formula is C14H10FNO. The number of rotatable bonds is 1. The highest BCUT2D eigenvalue weighted by atomic mass is 19.1. The Labute approximate surface area is 98.6 Å². The van der Waals surface area contributed by atoms with Crippen molar-refractivity contribution < 1.29 is 9.50 Å². The van der Waals surface area contributed by atoms with E-state index >= 15 is 0 Å². The number of aromatic hydroxyl groups is 1. The van der Waals surface area contributed by atoms with E-state index in [9.17, 15) is 9.50 Å². The van der Waals surface area contributed by atoms with Gasteiger partial charge in [0.15, 0.2) is 0 Å². The van der Waals surface area contributed by atoms with Crippen LogP contribution >= 0.6 is 0 Å². The first-order valence-corrected chi connectivity index (χ1v) is 5.11. The predicted molar refractivity (Wildman–Crippen MR) is 63.0 cm³/mol. The molecule has 3 heteroatoms. The second-order valence-corrected chi connectivity index (χ2v) is 3.83. The second kappa shape index (κ2) is 4.26. The molecule has 0 aliphatic heterocycles. The second-order valence-electron chi connectivity index (χ2n) is 3.83. The lowest BCUT2D eigenvalue weighted by molar-refractivity contribution is 0.474. The van der Waals surface area contributed by atoms with Gasteiger partial charge in [-0.3, -0.25) is 0 Å². The zero-order chi connectivity index (χ0) is 12.4. The summed E-state index contributed by atoms with van der Waals surface area (Å²) in [5.74, 6) is -0.481. The third-order valence-corrected chi connectivity index (χ3v) is 2.55. The summed E-state index contributed by atoms with van der Waals surface area (Å²) in [6, 6.07) is 11.1. The number of phenolic OH excluding ortho intramolecular Hbond substituents is 1. The fourth-order valence-corrected chi connectivity index (χ4v) is 1.65. The van der Waals surface area contributed by atoms with Crippen molar-refractivity contribution in [2.45, 2.75) is 6.92 Å². The average molecular weight is 227 g/mol. The molecule has 2 nitrogen and oxygen atoms in total. The Bertz CT molecular complexity index is 614. The summed E-state index contributed by atoms with van der Waals surface area (Å²) in [6.07, 6.45) is 0. The largest absolute Gasteiger partial charge is 0.507 e. The van der Waals surface area contributed by atoms with Crippen molar-refractivity contribution in [2.75, 3.05) is 0 Å². The number of hydrogen-bond acceptors (Lipinski definition) is 2. The maximum Gasteiger partial charge on any atom is 0.133 e. The Balaban J connectivity index is 2.58. The van der Waals surface area contributed by atoms with Crippen LogP contribution in [0.5, 0.6) is 5.75 Å². The zero-order valence-electron chi connectivity index (χ0n) is 9.24. The minimum Gasteiger partial charge on any atom is -0.507 e. The molecule has 0 saturated heterocycles. The summed E-state index contributed by atoms with van der Waals surface area (Å²) >= 11 is 0. The maximum atomic E-state index is 13.6. The fraction of sp³-hybridized carbons (Fsp3) is 0.0714. The molecule has 0 atom stereocenters. The van der Waals surface area contributed by atoms with Crippen LogP contribution in [-0.2, 0) is 0 Å². The Hall–Kier alpha value is -2.34. The molecule has 0 spiro atoms. The molecule has 1 N–H and O–H groups in total. The van der Waals surface area contributed by atoms with Crippen LogP contribution < -0.4 is 0 Å². The van der Waals surface area contributed by atoms with Crippen LogP contribution in [0.3, 0.4) is 0 Å². The van der Waals surface area contributed by atoms with E-state index in [0.717, 1.165) is 5.56 Å². The summed E-state index contributed by atoms with van der Waals surface area (Å²) in [7, 11) is 0. The lowest BCUT2D eigenvalue weighted by Gasteiger charge is -2.06. The van der Waals surface area contributed by atoms with Crippen LogP contribution in [0, 0.1) is 24.1 Å². The number of phenols is 1. The van der Waals surface area contributed by atoms with E-state index < -0.39 is 0 Å². The molecule has 0 amide bonds. The Morgan fingerprint density at radius 3 is 2.59 bits per heavy atom. The summed E-state index contributed by atoms with van der Waals surface area (Å²) in [4.78, 5) is 0. The Morgan fingerprint density at radius 2 is 1.94 bits per heavy atom. The van der Waals surface area contributed by atoms with Crippen LogP contribution in [-0.4, -0.2) is 5.11 Å². The van der Waals surface area contributed by atoms with Crippen molar-refractivity contribution in [3.63, 3.8) is 0 Å². The minimum atomic E-state index is -0.347. The Kier molecular flexibility index (Phi) is 2.80. The van der Waals surface area contributed by atoms with Gasteiger partial charge in [0.2, 0.25) is 0 Å². The Morgan fingerprint density at radius 1 is 1.18 bits per heavy atom. The molecule has 2 aromatic rings. The third-order valence-electron chi connectivity index (χ3n) is 2.55. The van der Waals surface area contributed by atoms with E-state index in [-0.39, 0.29) is 17.1 Å². The van der Waals surface area contributed by atoms with Gasteiger partial charge >= 0.3 is 0 Å². The highest BCUT2D eigenvalue weighted by Crippen LogP contribution is 2.28. The summed E-state index contributed by atoms with van der Waals surface area (Å²) in [6.45, 7) is 1.87. The average Bonchev–Trinajstić information content (AvgIpc) is 2.32. The third kappa shape index (κ3) is 2.11. The smallest absolute Gasteiger partial charge is 0.133 e. The predicted octanol–water partition coefficient (Wildman–Crippen LogP) is 3.38. The van der Waals surface area contributed by atoms with Gasteiger partial charge in [0.05, 0.1) is 5.56 Å². The van der Waals surface area contributed by atoms with Crippen LogP contribution in [0.25, 0.3) is 11.1 Å². The highest BCUT2D eigenvalue weighted by molar-refractivity contribution is 5.68. The molecule has 0 bridgehead atoms. The molecule has 0 saturated carbocycles. The van der Waals surface area contributed by atoms with Gasteiger partial charge in [-0.15, -0.1) is 0 Å². The van der Waals surface area contributed by atoms with Gasteiger partial charge in [0.1, 0.15) is 17.6 Å². The molecule has 0 aliphatic carbocycles. The van der Waals surface area contributed by atoms with E-state index in [1.165, 1.54) is 18.2 Å². The maximum absolute atomic E-state index is 13.6. The monoisotopic (exact) mass is 227 g/mol. The van der Waals surface area contributed by atoms with E-state index in [2.05, 4.69) is 0 Å². The number of halogens is 1. The SMILES string of the molecule is Cc1ccc(F)c(-c2ccc(C#N)c(O)c2)c1. The van der Waals surface area contributed by atoms with E-state index in [4.69, 9.17) is 5.26 Å². The summed E-state index contributed by atoms with van der Waals surface area (Å²) in [5, 5.41) is 18.3. The molecule has 0 radical (unpaired) electrons. The van der Waals surface area contributed by atoms with Crippen molar-refractivity contribution in [3.05, 3.63) is 53.3 Å². The van der Waals surface area contributed by atoms with Gasteiger partial charge in [0, 0.05) is 5.56 Å². The molecule has 0 aromatic heterocycles. The lowest BCUT2D eigenvalue weighted by atomic mass is 10.0. The van der Waals surface area contributed by atoms with Crippen LogP contribution in [0.4, 0.5) is 4.39 Å². The molecule has 84 valence electrons. The number of nitriles is 1. The summed E-state index contributed by atoms with van der Waals surface area (Å²) in [5.41, 5.74) is 2.10. The number of nitrogens with zero attached hydrogens (tertiary/aromatic N) is 1. The van der Waals surface area contributed by atoms with E-state index in [1.54, 1.807) is 18.2 Å². The normalized spacial score (nSPS) is 9.94. The molecule has 2 rings (SSSR count). The van der Waals surface area contributed by atoms with Gasteiger partial charge in [-0.2, -0.15) is 5.26 Å².